The molecule has 0 unspecified atom stereocenters. The van der Waals surface area contributed by atoms with Gasteiger partial charge in [-0.3, -0.25) is 9.63 Å². The van der Waals surface area contributed by atoms with Crippen LogP contribution in [0.4, 0.5) is 0 Å². The fourth-order valence-corrected chi connectivity index (χ4v) is 1.64. The Balaban J connectivity index is 1.78. The Labute approximate surface area is 111 Å². The van der Waals surface area contributed by atoms with Crippen LogP contribution >= 0.6 is 0 Å². The van der Waals surface area contributed by atoms with Crippen LogP contribution < -0.4 is 5.48 Å². The normalized spacial score (nSPS) is 10.1. The zero-order valence-electron chi connectivity index (χ0n) is 10.4. The van der Waals surface area contributed by atoms with Crippen LogP contribution in [0.3, 0.4) is 0 Å². The van der Waals surface area contributed by atoms with Crippen molar-refractivity contribution in [2.75, 3.05) is 0 Å². The Morgan fingerprint density at radius 2 is 1.74 bits per heavy atom. The molecule has 1 amide bonds. The van der Waals surface area contributed by atoms with Crippen molar-refractivity contribution in [3.05, 3.63) is 65.7 Å². The predicted molar refractivity (Wildman–Crippen MR) is 71.2 cm³/mol. The van der Waals surface area contributed by atoms with Crippen LogP contribution in [0.25, 0.3) is 0 Å². The molecule has 0 atom stereocenters. The second kappa shape index (κ2) is 6.56. The minimum atomic E-state index is -0.294. The van der Waals surface area contributed by atoms with E-state index in [1.165, 1.54) is 0 Å². The molecule has 0 aliphatic rings. The SMILES string of the molecule is O=C(Cc1ccccc1O)NOCc1ccccc1. The van der Waals surface area contributed by atoms with Gasteiger partial charge in [-0.25, -0.2) is 5.48 Å². The number of aromatic hydroxyl groups is 1. The quantitative estimate of drug-likeness (QED) is 0.807. The molecule has 2 aromatic rings. The van der Waals surface area contributed by atoms with Gasteiger partial charge in [0.05, 0.1) is 13.0 Å². The van der Waals surface area contributed by atoms with Crippen molar-refractivity contribution in [1.82, 2.24) is 5.48 Å². The van der Waals surface area contributed by atoms with Crippen molar-refractivity contribution >= 4 is 5.91 Å². The summed E-state index contributed by atoms with van der Waals surface area (Å²) in [6, 6.07) is 16.3. The van der Waals surface area contributed by atoms with Crippen LogP contribution in [0.1, 0.15) is 11.1 Å². The molecule has 0 saturated heterocycles. The van der Waals surface area contributed by atoms with Crippen LogP contribution in [0, 0.1) is 0 Å². The molecule has 0 aromatic heterocycles. The lowest BCUT2D eigenvalue weighted by atomic mass is 10.1. The molecule has 0 spiro atoms. The molecule has 2 rings (SSSR count). The number of carbonyl (C=O) groups excluding carboxylic acids is 1. The van der Waals surface area contributed by atoms with E-state index in [1.807, 2.05) is 30.3 Å². The van der Waals surface area contributed by atoms with Crippen LogP contribution in [0.5, 0.6) is 5.75 Å². The number of nitrogens with one attached hydrogen (secondary N) is 1. The van der Waals surface area contributed by atoms with E-state index >= 15 is 0 Å². The van der Waals surface area contributed by atoms with E-state index in [0.717, 1.165) is 5.56 Å². The number of hydroxylamine groups is 1. The molecule has 2 N–H and O–H groups in total. The molecule has 0 fully saturated rings. The summed E-state index contributed by atoms with van der Waals surface area (Å²) in [5.41, 5.74) is 3.91. The third-order valence-corrected chi connectivity index (χ3v) is 2.61. The molecule has 0 aliphatic heterocycles. The molecule has 0 aliphatic carbocycles. The number of phenolic OH excluding ortho intramolecular Hbond substituents is 1. The molecule has 0 saturated carbocycles. The van der Waals surface area contributed by atoms with E-state index in [4.69, 9.17) is 4.84 Å². The van der Waals surface area contributed by atoms with Gasteiger partial charge in [-0.05, 0) is 11.6 Å². The maximum Gasteiger partial charge on any atom is 0.248 e. The number of hydrogen-bond donors (Lipinski definition) is 2. The second-order valence-corrected chi connectivity index (χ2v) is 4.11. The lowest BCUT2D eigenvalue weighted by Crippen LogP contribution is -2.25. The van der Waals surface area contributed by atoms with Gasteiger partial charge in [0.25, 0.3) is 0 Å². The number of hydrogen-bond acceptors (Lipinski definition) is 3. The van der Waals surface area contributed by atoms with Crippen molar-refractivity contribution in [1.29, 1.82) is 0 Å². The zero-order chi connectivity index (χ0) is 13.5. The number of phenols is 1. The topological polar surface area (TPSA) is 58.6 Å². The highest BCUT2D eigenvalue weighted by atomic mass is 16.6. The average molecular weight is 257 g/mol. The summed E-state index contributed by atoms with van der Waals surface area (Å²) in [5, 5.41) is 9.54. The minimum Gasteiger partial charge on any atom is -0.508 e. The summed E-state index contributed by atoms with van der Waals surface area (Å²) in [4.78, 5) is 16.7. The molecular formula is C15H15NO3. The maximum atomic E-state index is 11.6. The first-order valence-electron chi connectivity index (χ1n) is 5.97. The molecule has 0 heterocycles. The van der Waals surface area contributed by atoms with Crippen LogP contribution in [-0.4, -0.2) is 11.0 Å². The minimum absolute atomic E-state index is 0.0848. The lowest BCUT2D eigenvalue weighted by Gasteiger charge is -2.07. The van der Waals surface area contributed by atoms with Gasteiger partial charge in [0.15, 0.2) is 0 Å². The molecular weight excluding hydrogens is 242 g/mol. The first-order valence-corrected chi connectivity index (χ1v) is 5.97. The van der Waals surface area contributed by atoms with E-state index < -0.39 is 0 Å². The van der Waals surface area contributed by atoms with E-state index in [2.05, 4.69) is 5.48 Å². The zero-order valence-corrected chi connectivity index (χ0v) is 10.4. The Hall–Kier alpha value is -2.33. The summed E-state index contributed by atoms with van der Waals surface area (Å²) in [6.07, 6.45) is 0.0848. The Morgan fingerprint density at radius 3 is 2.47 bits per heavy atom. The largest absolute Gasteiger partial charge is 0.508 e. The first-order chi connectivity index (χ1) is 9.25. The van der Waals surface area contributed by atoms with Crippen molar-refractivity contribution in [3.8, 4) is 5.75 Å². The molecule has 4 heteroatoms. The highest BCUT2D eigenvalue weighted by Gasteiger charge is 2.06. The molecule has 4 nitrogen and oxygen atoms in total. The molecule has 0 bridgehead atoms. The fourth-order valence-electron chi connectivity index (χ4n) is 1.64. The van der Waals surface area contributed by atoms with E-state index in [9.17, 15) is 9.90 Å². The molecule has 0 radical (unpaired) electrons. The number of rotatable bonds is 5. The molecule has 2 aromatic carbocycles. The first kappa shape index (κ1) is 13.1. The van der Waals surface area contributed by atoms with E-state index in [0.29, 0.717) is 12.2 Å². The average Bonchev–Trinajstić information content (AvgIpc) is 2.43. The summed E-state index contributed by atoms with van der Waals surface area (Å²) < 4.78 is 0. The van der Waals surface area contributed by atoms with Crippen molar-refractivity contribution < 1.29 is 14.7 Å². The van der Waals surface area contributed by atoms with Crippen LogP contribution in [0.2, 0.25) is 0 Å². The third-order valence-electron chi connectivity index (χ3n) is 2.61. The van der Waals surface area contributed by atoms with E-state index in [1.54, 1.807) is 24.3 Å². The summed E-state index contributed by atoms with van der Waals surface area (Å²) in [5.74, 6) is -0.182. The number of carbonyl (C=O) groups is 1. The summed E-state index contributed by atoms with van der Waals surface area (Å²) in [6.45, 7) is 0.313. The van der Waals surface area contributed by atoms with Crippen molar-refractivity contribution in [2.24, 2.45) is 0 Å². The Bertz CT molecular complexity index is 540. The standard InChI is InChI=1S/C15H15NO3/c17-14-9-5-4-8-13(14)10-15(18)16-19-11-12-6-2-1-3-7-12/h1-9,17H,10-11H2,(H,16,18). The fraction of sp³-hybridized carbons (Fsp3) is 0.133. The Kier molecular flexibility index (Phi) is 4.53. The number of benzene rings is 2. The number of para-hydroxylation sites is 1. The monoisotopic (exact) mass is 257 g/mol. The van der Waals surface area contributed by atoms with Gasteiger partial charge >= 0.3 is 0 Å². The highest BCUT2D eigenvalue weighted by molar-refractivity contribution is 5.78. The predicted octanol–water partition coefficient (Wildman–Crippen LogP) is 2.18. The number of amides is 1. The van der Waals surface area contributed by atoms with E-state index in [-0.39, 0.29) is 18.1 Å². The van der Waals surface area contributed by atoms with Gasteiger partial charge in [0.1, 0.15) is 5.75 Å². The lowest BCUT2D eigenvalue weighted by molar-refractivity contribution is -0.133. The van der Waals surface area contributed by atoms with Gasteiger partial charge in [-0.15, -0.1) is 0 Å². The van der Waals surface area contributed by atoms with Gasteiger partial charge in [-0.2, -0.15) is 0 Å². The van der Waals surface area contributed by atoms with Crippen LogP contribution in [-0.2, 0) is 22.7 Å². The van der Waals surface area contributed by atoms with Crippen molar-refractivity contribution in [2.45, 2.75) is 13.0 Å². The second-order valence-electron chi connectivity index (χ2n) is 4.11. The van der Waals surface area contributed by atoms with Gasteiger partial charge in [0.2, 0.25) is 5.91 Å². The third kappa shape index (κ3) is 4.12. The smallest absolute Gasteiger partial charge is 0.248 e. The highest BCUT2D eigenvalue weighted by Crippen LogP contribution is 2.15. The molecule has 19 heavy (non-hydrogen) atoms. The van der Waals surface area contributed by atoms with Crippen molar-refractivity contribution in [3.63, 3.8) is 0 Å². The van der Waals surface area contributed by atoms with Gasteiger partial charge in [0, 0.05) is 5.56 Å². The van der Waals surface area contributed by atoms with Gasteiger partial charge < -0.3 is 5.11 Å². The van der Waals surface area contributed by atoms with Crippen LogP contribution in [0.15, 0.2) is 54.6 Å². The summed E-state index contributed by atoms with van der Waals surface area (Å²) >= 11 is 0. The Morgan fingerprint density at radius 1 is 1.05 bits per heavy atom. The molecule has 98 valence electrons. The summed E-state index contributed by atoms with van der Waals surface area (Å²) in [7, 11) is 0. The maximum absolute atomic E-state index is 11.6. The van der Waals surface area contributed by atoms with Gasteiger partial charge in [-0.1, -0.05) is 48.5 Å².